The maximum Gasteiger partial charge on any atom is 0.224 e. The van der Waals surface area contributed by atoms with Crippen LogP contribution in [-0.4, -0.2) is 24.7 Å². The van der Waals surface area contributed by atoms with E-state index in [2.05, 4.69) is 16.7 Å². The first-order valence-corrected chi connectivity index (χ1v) is 8.54. The molecule has 0 bridgehead atoms. The molecule has 1 aromatic carbocycles. The molecular weight excluding hydrogens is 292 g/mol. The molecule has 2 heterocycles. The third-order valence-electron chi connectivity index (χ3n) is 4.00. The fourth-order valence-corrected chi connectivity index (χ4v) is 4.17. The van der Waals surface area contributed by atoms with Gasteiger partial charge in [-0.05, 0) is 49.6 Å². The summed E-state index contributed by atoms with van der Waals surface area (Å²) in [6, 6.07) is 6.08. The van der Waals surface area contributed by atoms with Gasteiger partial charge in [-0.1, -0.05) is 11.6 Å². The number of rotatable bonds is 2. The lowest BCUT2D eigenvalue weighted by Gasteiger charge is -2.29. The van der Waals surface area contributed by atoms with Crippen molar-refractivity contribution in [2.45, 2.75) is 30.2 Å². The second-order valence-electron chi connectivity index (χ2n) is 5.42. The van der Waals surface area contributed by atoms with Crippen molar-refractivity contribution in [2.75, 3.05) is 18.8 Å². The highest BCUT2D eigenvalue weighted by Crippen LogP contribution is 2.37. The first-order valence-electron chi connectivity index (χ1n) is 7.17. The van der Waals surface area contributed by atoms with Crippen LogP contribution in [0.2, 0.25) is 5.02 Å². The van der Waals surface area contributed by atoms with E-state index in [1.165, 1.54) is 10.5 Å². The summed E-state index contributed by atoms with van der Waals surface area (Å²) in [7, 11) is 0. The minimum absolute atomic E-state index is 0.111. The quantitative estimate of drug-likeness (QED) is 0.882. The van der Waals surface area contributed by atoms with Gasteiger partial charge in [-0.15, -0.1) is 11.8 Å². The van der Waals surface area contributed by atoms with E-state index >= 15 is 0 Å². The number of hydrogen-bond donors (Lipinski definition) is 2. The lowest BCUT2D eigenvalue weighted by Crippen LogP contribution is -2.42. The Bertz CT molecular complexity index is 503. The fourth-order valence-electron chi connectivity index (χ4n) is 2.88. The van der Waals surface area contributed by atoms with E-state index in [4.69, 9.17) is 11.6 Å². The number of nitrogens with one attached hydrogen (secondary N) is 2. The molecule has 0 spiro atoms. The molecule has 108 valence electrons. The molecule has 1 unspecified atom stereocenters. The molecule has 2 aliphatic heterocycles. The second-order valence-corrected chi connectivity index (χ2v) is 7.00. The molecule has 1 saturated heterocycles. The van der Waals surface area contributed by atoms with Crippen molar-refractivity contribution >= 4 is 29.3 Å². The number of hydrogen-bond acceptors (Lipinski definition) is 3. The van der Waals surface area contributed by atoms with Gasteiger partial charge in [0.05, 0.1) is 12.0 Å². The summed E-state index contributed by atoms with van der Waals surface area (Å²) >= 11 is 7.94. The van der Waals surface area contributed by atoms with Crippen LogP contribution in [0.4, 0.5) is 0 Å². The number of carbonyl (C=O) groups is 1. The summed E-state index contributed by atoms with van der Waals surface area (Å²) in [5, 5.41) is 7.26. The monoisotopic (exact) mass is 310 g/mol. The fraction of sp³-hybridized carbons (Fsp3) is 0.533. The van der Waals surface area contributed by atoms with Crippen LogP contribution < -0.4 is 10.6 Å². The van der Waals surface area contributed by atoms with Crippen LogP contribution in [0, 0.1) is 5.92 Å². The zero-order valence-electron chi connectivity index (χ0n) is 11.3. The maximum atomic E-state index is 12.4. The number of fused-ring (bicyclic) bond motifs is 1. The summed E-state index contributed by atoms with van der Waals surface area (Å²) in [4.78, 5) is 13.6. The van der Waals surface area contributed by atoms with E-state index in [0.29, 0.717) is 0 Å². The van der Waals surface area contributed by atoms with Crippen molar-refractivity contribution in [2.24, 2.45) is 5.92 Å². The van der Waals surface area contributed by atoms with Crippen molar-refractivity contribution in [3.8, 4) is 0 Å². The van der Waals surface area contributed by atoms with Crippen LogP contribution in [-0.2, 0) is 4.79 Å². The number of thioether (sulfide) groups is 1. The molecule has 1 fully saturated rings. The standard InChI is InChI=1S/C15H19ClN2OS/c16-11-3-4-14-12(8-11)13(5-7-20-14)18-15(19)10-2-1-6-17-9-10/h3-4,8,10,13,17H,1-2,5-7,9H2,(H,18,19)/t10-,13?/m1/s1. The van der Waals surface area contributed by atoms with Crippen LogP contribution in [0.25, 0.3) is 0 Å². The molecular formula is C15H19ClN2OS. The van der Waals surface area contributed by atoms with Gasteiger partial charge in [-0.3, -0.25) is 4.79 Å². The van der Waals surface area contributed by atoms with Crippen molar-refractivity contribution in [3.05, 3.63) is 28.8 Å². The molecule has 2 atom stereocenters. The molecule has 1 aromatic rings. The van der Waals surface area contributed by atoms with Gasteiger partial charge in [0, 0.05) is 22.2 Å². The maximum absolute atomic E-state index is 12.4. The summed E-state index contributed by atoms with van der Waals surface area (Å²) in [6.45, 7) is 1.83. The number of carbonyl (C=O) groups excluding carboxylic acids is 1. The zero-order valence-corrected chi connectivity index (χ0v) is 12.9. The van der Waals surface area contributed by atoms with Crippen LogP contribution in [0.15, 0.2) is 23.1 Å². The Hall–Kier alpha value is -0.710. The summed E-state index contributed by atoms with van der Waals surface area (Å²) in [5.74, 6) is 1.34. The summed E-state index contributed by atoms with van der Waals surface area (Å²) < 4.78 is 0. The van der Waals surface area contributed by atoms with Crippen molar-refractivity contribution in [1.82, 2.24) is 10.6 Å². The summed E-state index contributed by atoms with van der Waals surface area (Å²) in [5.41, 5.74) is 1.17. The minimum Gasteiger partial charge on any atom is -0.349 e. The predicted octanol–water partition coefficient (Wildman–Crippen LogP) is 2.99. The molecule has 3 nitrogen and oxygen atoms in total. The van der Waals surface area contributed by atoms with Gasteiger partial charge >= 0.3 is 0 Å². The lowest BCUT2D eigenvalue weighted by atomic mass is 9.97. The molecule has 0 aliphatic carbocycles. The van der Waals surface area contributed by atoms with Gasteiger partial charge in [-0.25, -0.2) is 0 Å². The van der Waals surface area contributed by atoms with Crippen molar-refractivity contribution in [3.63, 3.8) is 0 Å². The zero-order chi connectivity index (χ0) is 13.9. The van der Waals surface area contributed by atoms with E-state index in [1.54, 1.807) is 0 Å². The molecule has 2 N–H and O–H groups in total. The van der Waals surface area contributed by atoms with Gasteiger partial charge in [0.15, 0.2) is 0 Å². The third-order valence-corrected chi connectivity index (χ3v) is 5.35. The van der Waals surface area contributed by atoms with Gasteiger partial charge in [0.1, 0.15) is 0 Å². The molecule has 0 aromatic heterocycles. The average Bonchev–Trinajstić information content (AvgIpc) is 2.49. The molecule has 20 heavy (non-hydrogen) atoms. The average molecular weight is 311 g/mol. The minimum atomic E-state index is 0.111. The molecule has 2 aliphatic rings. The third kappa shape index (κ3) is 3.13. The van der Waals surface area contributed by atoms with Gasteiger partial charge in [0.25, 0.3) is 0 Å². The Kier molecular flexibility index (Phi) is 4.54. The van der Waals surface area contributed by atoms with E-state index in [-0.39, 0.29) is 17.9 Å². The summed E-state index contributed by atoms with van der Waals surface area (Å²) in [6.07, 6.45) is 3.05. The van der Waals surface area contributed by atoms with E-state index in [9.17, 15) is 4.79 Å². The number of piperidine rings is 1. The molecule has 0 saturated carbocycles. The second kappa shape index (κ2) is 6.37. The topological polar surface area (TPSA) is 41.1 Å². The van der Waals surface area contributed by atoms with E-state index < -0.39 is 0 Å². The van der Waals surface area contributed by atoms with Crippen LogP contribution in [0.5, 0.6) is 0 Å². The first-order chi connectivity index (χ1) is 9.74. The normalized spacial score (nSPS) is 25.9. The van der Waals surface area contributed by atoms with Crippen molar-refractivity contribution in [1.29, 1.82) is 0 Å². The first kappa shape index (κ1) is 14.2. The number of amides is 1. The SMILES string of the molecule is O=C(NC1CCSc2ccc(Cl)cc21)[C@@H]1CCCNC1. The van der Waals surface area contributed by atoms with Crippen LogP contribution in [0.1, 0.15) is 30.9 Å². The lowest BCUT2D eigenvalue weighted by molar-refractivity contribution is -0.126. The molecule has 1 amide bonds. The Labute approximate surface area is 128 Å². The Morgan fingerprint density at radius 2 is 2.30 bits per heavy atom. The highest BCUT2D eigenvalue weighted by molar-refractivity contribution is 7.99. The highest BCUT2D eigenvalue weighted by atomic mass is 35.5. The van der Waals surface area contributed by atoms with Crippen molar-refractivity contribution < 1.29 is 4.79 Å². The van der Waals surface area contributed by atoms with E-state index in [1.807, 2.05) is 23.9 Å². The predicted molar refractivity (Wildman–Crippen MR) is 83.3 cm³/mol. The number of benzene rings is 1. The smallest absolute Gasteiger partial charge is 0.224 e. The van der Waals surface area contributed by atoms with Crippen LogP contribution in [0.3, 0.4) is 0 Å². The Balaban J connectivity index is 1.72. The molecule has 3 rings (SSSR count). The van der Waals surface area contributed by atoms with E-state index in [0.717, 1.165) is 43.1 Å². The highest BCUT2D eigenvalue weighted by Gasteiger charge is 2.27. The Morgan fingerprint density at radius 3 is 3.10 bits per heavy atom. The molecule has 0 radical (unpaired) electrons. The number of halogens is 1. The van der Waals surface area contributed by atoms with Crippen LogP contribution >= 0.6 is 23.4 Å². The molecule has 5 heteroatoms. The van der Waals surface area contributed by atoms with Gasteiger partial charge in [0.2, 0.25) is 5.91 Å². The Morgan fingerprint density at radius 1 is 1.40 bits per heavy atom. The van der Waals surface area contributed by atoms with Gasteiger partial charge < -0.3 is 10.6 Å². The van der Waals surface area contributed by atoms with Gasteiger partial charge in [-0.2, -0.15) is 0 Å². The largest absolute Gasteiger partial charge is 0.349 e.